The molecule has 1 aromatic carbocycles. The molecule has 5 amide bonds. The molecular weight excluding hydrogens is 452 g/mol. The van der Waals surface area contributed by atoms with Crippen molar-refractivity contribution < 1.29 is 24.0 Å². The van der Waals surface area contributed by atoms with Gasteiger partial charge >= 0.3 is 6.03 Å². The lowest BCUT2D eigenvalue weighted by atomic mass is 10.1. The average Bonchev–Trinajstić information content (AvgIpc) is 3.47. The number of para-hydroxylation sites is 1. The zero-order valence-corrected chi connectivity index (χ0v) is 19.1. The van der Waals surface area contributed by atoms with Crippen molar-refractivity contribution in [1.29, 1.82) is 0 Å². The molecule has 1 saturated heterocycles. The van der Waals surface area contributed by atoms with Gasteiger partial charge in [-0.05, 0) is 48.6 Å². The number of aromatic nitrogens is 1. The maximum absolute atomic E-state index is 12.6. The molecule has 0 spiro atoms. The van der Waals surface area contributed by atoms with Gasteiger partial charge in [-0.2, -0.15) is 0 Å². The van der Waals surface area contributed by atoms with Gasteiger partial charge in [0.05, 0.1) is 18.6 Å². The SMILES string of the molecule is O=C(CC1NC(=O)NC1=O)Nc1cc(CNc2ccccc2C(=O)NOCC2CCCC2)ccn1. The molecule has 1 aliphatic carbocycles. The first-order valence-corrected chi connectivity index (χ1v) is 11.6. The van der Waals surface area contributed by atoms with E-state index in [-0.39, 0.29) is 12.3 Å². The minimum atomic E-state index is -0.905. The molecular formula is C24H28N6O5. The summed E-state index contributed by atoms with van der Waals surface area (Å²) in [7, 11) is 0. The number of nitrogens with zero attached hydrogens (tertiary/aromatic N) is 1. The number of nitrogens with one attached hydrogen (secondary N) is 5. The van der Waals surface area contributed by atoms with Crippen LogP contribution >= 0.6 is 0 Å². The normalized spacial score (nSPS) is 17.5. The van der Waals surface area contributed by atoms with Crippen LogP contribution in [0.3, 0.4) is 0 Å². The fraction of sp³-hybridized carbons (Fsp3) is 0.375. The Labute approximate surface area is 202 Å². The Hall–Kier alpha value is -3.99. The van der Waals surface area contributed by atoms with Gasteiger partial charge in [-0.15, -0.1) is 0 Å². The van der Waals surface area contributed by atoms with Crippen molar-refractivity contribution in [2.45, 2.75) is 44.7 Å². The molecule has 2 aliphatic rings. The second-order valence-electron chi connectivity index (χ2n) is 8.61. The Kier molecular flexibility index (Phi) is 7.88. The number of hydroxylamine groups is 1. The van der Waals surface area contributed by atoms with Gasteiger partial charge in [-0.1, -0.05) is 25.0 Å². The Bertz CT molecular complexity index is 1100. The lowest BCUT2D eigenvalue weighted by Crippen LogP contribution is -2.33. The highest BCUT2D eigenvalue weighted by Gasteiger charge is 2.31. The molecule has 1 unspecified atom stereocenters. The van der Waals surface area contributed by atoms with Crippen LogP contribution in [-0.2, 0) is 21.0 Å². The molecule has 0 bridgehead atoms. The molecule has 0 radical (unpaired) electrons. The van der Waals surface area contributed by atoms with Crippen LogP contribution in [0.1, 0.15) is 48.0 Å². The van der Waals surface area contributed by atoms with Gasteiger partial charge in [0.15, 0.2) is 0 Å². The molecule has 1 atom stereocenters. The number of carbonyl (C=O) groups is 4. The van der Waals surface area contributed by atoms with Crippen molar-refractivity contribution in [2.75, 3.05) is 17.2 Å². The van der Waals surface area contributed by atoms with E-state index in [1.807, 2.05) is 6.07 Å². The molecule has 5 N–H and O–H groups in total. The zero-order chi connectivity index (χ0) is 24.6. The van der Waals surface area contributed by atoms with Gasteiger partial charge in [0, 0.05) is 18.4 Å². The lowest BCUT2D eigenvalue weighted by molar-refractivity contribution is -0.124. The van der Waals surface area contributed by atoms with Crippen LogP contribution in [0.25, 0.3) is 0 Å². The Morgan fingerprint density at radius 1 is 1.11 bits per heavy atom. The summed E-state index contributed by atoms with van der Waals surface area (Å²) in [6.45, 7) is 0.893. The summed E-state index contributed by atoms with van der Waals surface area (Å²) in [5.41, 5.74) is 4.45. The van der Waals surface area contributed by atoms with Gasteiger partial charge in [-0.25, -0.2) is 15.3 Å². The number of pyridine rings is 1. The summed E-state index contributed by atoms with van der Waals surface area (Å²) in [6.07, 6.45) is 6.04. The summed E-state index contributed by atoms with van der Waals surface area (Å²) in [5.74, 6) is -0.506. The number of urea groups is 1. The van der Waals surface area contributed by atoms with E-state index in [0.29, 0.717) is 36.1 Å². The molecule has 2 heterocycles. The van der Waals surface area contributed by atoms with E-state index in [4.69, 9.17) is 4.84 Å². The first kappa shape index (κ1) is 24.1. The van der Waals surface area contributed by atoms with Gasteiger partial charge < -0.3 is 16.0 Å². The lowest BCUT2D eigenvalue weighted by Gasteiger charge is -2.14. The number of hydrogen-bond donors (Lipinski definition) is 5. The average molecular weight is 481 g/mol. The van der Waals surface area contributed by atoms with Crippen molar-refractivity contribution in [3.05, 3.63) is 53.7 Å². The number of hydrogen-bond acceptors (Lipinski definition) is 7. The van der Waals surface area contributed by atoms with Crippen molar-refractivity contribution in [3.8, 4) is 0 Å². The molecule has 35 heavy (non-hydrogen) atoms. The van der Waals surface area contributed by atoms with E-state index in [0.717, 1.165) is 18.4 Å². The second-order valence-corrected chi connectivity index (χ2v) is 8.61. The smallest absolute Gasteiger partial charge is 0.322 e. The monoisotopic (exact) mass is 480 g/mol. The van der Waals surface area contributed by atoms with Crippen molar-refractivity contribution >= 4 is 35.3 Å². The fourth-order valence-electron chi connectivity index (χ4n) is 4.12. The van der Waals surface area contributed by atoms with Crippen LogP contribution in [0.5, 0.6) is 0 Å². The highest BCUT2D eigenvalue weighted by atomic mass is 16.7. The highest BCUT2D eigenvalue weighted by molar-refractivity contribution is 6.06. The molecule has 4 rings (SSSR count). The van der Waals surface area contributed by atoms with Crippen LogP contribution in [-0.4, -0.2) is 41.4 Å². The molecule has 2 aromatic rings. The molecule has 1 aromatic heterocycles. The number of carbonyl (C=O) groups excluding carboxylic acids is 4. The van der Waals surface area contributed by atoms with E-state index < -0.39 is 23.9 Å². The van der Waals surface area contributed by atoms with Gasteiger partial charge in [0.1, 0.15) is 11.9 Å². The van der Waals surface area contributed by atoms with Gasteiger partial charge in [-0.3, -0.25) is 24.5 Å². The maximum Gasteiger partial charge on any atom is 0.322 e. The van der Waals surface area contributed by atoms with Crippen molar-refractivity contribution in [2.24, 2.45) is 5.92 Å². The van der Waals surface area contributed by atoms with E-state index in [1.54, 1.807) is 36.5 Å². The number of benzene rings is 1. The predicted molar refractivity (Wildman–Crippen MR) is 127 cm³/mol. The van der Waals surface area contributed by atoms with Crippen molar-refractivity contribution in [1.82, 2.24) is 21.1 Å². The number of imide groups is 1. The molecule has 1 saturated carbocycles. The third-order valence-electron chi connectivity index (χ3n) is 5.95. The fourth-order valence-corrected chi connectivity index (χ4v) is 4.12. The number of anilines is 2. The predicted octanol–water partition coefficient (Wildman–Crippen LogP) is 2.08. The molecule has 11 nitrogen and oxygen atoms in total. The quantitative estimate of drug-likeness (QED) is 0.258. The Morgan fingerprint density at radius 2 is 1.91 bits per heavy atom. The largest absolute Gasteiger partial charge is 0.380 e. The van der Waals surface area contributed by atoms with E-state index in [9.17, 15) is 19.2 Å². The van der Waals surface area contributed by atoms with Crippen LogP contribution in [0.4, 0.5) is 16.3 Å². The number of amides is 5. The zero-order valence-electron chi connectivity index (χ0n) is 19.1. The standard InChI is InChI=1S/C24H28N6O5/c31-21(12-19-23(33)29-24(34)27-19)28-20-11-16(9-10-25-20)13-26-18-8-4-3-7-17(18)22(32)30-35-14-15-5-1-2-6-15/h3-4,7-11,15,19,26H,1-2,5-6,12-14H2,(H,30,32)(H,25,28,31)(H2,27,29,33,34). The highest BCUT2D eigenvalue weighted by Crippen LogP contribution is 2.24. The summed E-state index contributed by atoms with van der Waals surface area (Å²) in [6, 6.07) is 9.07. The second kappa shape index (κ2) is 11.4. The van der Waals surface area contributed by atoms with Crippen LogP contribution in [0.2, 0.25) is 0 Å². The molecule has 1 aliphatic heterocycles. The first-order chi connectivity index (χ1) is 17.0. The molecule has 184 valence electrons. The van der Waals surface area contributed by atoms with E-state index in [1.165, 1.54) is 12.8 Å². The minimum Gasteiger partial charge on any atom is -0.380 e. The Morgan fingerprint density at radius 3 is 2.69 bits per heavy atom. The maximum atomic E-state index is 12.6. The number of rotatable bonds is 10. The summed E-state index contributed by atoms with van der Waals surface area (Å²) in [5, 5.41) is 10.3. The summed E-state index contributed by atoms with van der Waals surface area (Å²) >= 11 is 0. The Balaban J connectivity index is 1.29. The van der Waals surface area contributed by atoms with E-state index in [2.05, 4.69) is 31.7 Å². The van der Waals surface area contributed by atoms with Gasteiger partial charge in [0.25, 0.3) is 11.8 Å². The van der Waals surface area contributed by atoms with Gasteiger partial charge in [0.2, 0.25) is 5.91 Å². The first-order valence-electron chi connectivity index (χ1n) is 11.6. The third kappa shape index (κ3) is 6.76. The van der Waals surface area contributed by atoms with Crippen LogP contribution in [0, 0.1) is 5.92 Å². The molecule has 11 heteroatoms. The topological polar surface area (TPSA) is 151 Å². The van der Waals surface area contributed by atoms with E-state index >= 15 is 0 Å². The van der Waals surface area contributed by atoms with Crippen LogP contribution < -0.4 is 26.7 Å². The third-order valence-corrected chi connectivity index (χ3v) is 5.95. The minimum absolute atomic E-state index is 0.201. The van der Waals surface area contributed by atoms with Crippen molar-refractivity contribution in [3.63, 3.8) is 0 Å². The van der Waals surface area contributed by atoms with Crippen LogP contribution in [0.15, 0.2) is 42.6 Å². The summed E-state index contributed by atoms with van der Waals surface area (Å²) in [4.78, 5) is 57.2. The molecule has 2 fully saturated rings. The summed E-state index contributed by atoms with van der Waals surface area (Å²) < 4.78 is 0.